The van der Waals surface area contributed by atoms with E-state index in [1.165, 1.54) is 0 Å². The van der Waals surface area contributed by atoms with Crippen molar-refractivity contribution in [3.63, 3.8) is 0 Å². The van der Waals surface area contributed by atoms with Gasteiger partial charge in [-0.15, -0.1) is 0 Å². The molecule has 1 rings (SSSR count). The Morgan fingerprint density at radius 2 is 2.05 bits per heavy atom. The van der Waals surface area contributed by atoms with Crippen LogP contribution < -0.4 is 11.1 Å². The molecule has 0 fully saturated rings. The quantitative estimate of drug-likeness (QED) is 0.748. The Labute approximate surface area is 118 Å². The Bertz CT molecular complexity index is 418. The van der Waals surface area contributed by atoms with Gasteiger partial charge in [0.25, 0.3) is 0 Å². The molecule has 106 valence electrons. The molecule has 0 saturated heterocycles. The summed E-state index contributed by atoms with van der Waals surface area (Å²) >= 11 is 5.77. The summed E-state index contributed by atoms with van der Waals surface area (Å²) in [4.78, 5) is 11.9. The third-order valence-electron chi connectivity index (χ3n) is 3.00. The number of rotatable bonds is 6. The Kier molecular flexibility index (Phi) is 5.79. The smallest absolute Gasteiger partial charge is 0.239 e. The molecule has 2 atom stereocenters. The van der Waals surface area contributed by atoms with Crippen molar-refractivity contribution in [2.24, 2.45) is 5.73 Å². The van der Waals surface area contributed by atoms with Gasteiger partial charge >= 0.3 is 0 Å². The Balaban J connectivity index is 2.52. The van der Waals surface area contributed by atoms with Gasteiger partial charge in [0.05, 0.1) is 11.6 Å². The molecule has 1 aromatic carbocycles. The second-order valence-corrected chi connectivity index (χ2v) is 5.38. The predicted molar refractivity (Wildman–Crippen MR) is 76.9 cm³/mol. The van der Waals surface area contributed by atoms with Crippen LogP contribution in [-0.4, -0.2) is 23.1 Å². The third-order valence-corrected chi connectivity index (χ3v) is 3.25. The summed E-state index contributed by atoms with van der Waals surface area (Å²) in [5.74, 6) is -0.248. The van der Waals surface area contributed by atoms with E-state index in [-0.39, 0.29) is 12.5 Å². The van der Waals surface area contributed by atoms with Crippen molar-refractivity contribution in [2.45, 2.75) is 38.3 Å². The Morgan fingerprint density at radius 3 is 2.58 bits per heavy atom. The average molecular weight is 285 g/mol. The van der Waals surface area contributed by atoms with E-state index in [1.54, 1.807) is 31.2 Å². The number of hydrogen-bond acceptors (Lipinski definition) is 3. The third kappa shape index (κ3) is 4.82. The average Bonchev–Trinajstić information content (AvgIpc) is 2.36. The van der Waals surface area contributed by atoms with Crippen molar-refractivity contribution < 1.29 is 9.90 Å². The summed E-state index contributed by atoms with van der Waals surface area (Å²) in [6.45, 7) is 3.80. The van der Waals surface area contributed by atoms with Gasteiger partial charge < -0.3 is 16.2 Å². The first kappa shape index (κ1) is 16.0. The zero-order valence-electron chi connectivity index (χ0n) is 11.3. The highest BCUT2D eigenvalue weighted by atomic mass is 35.5. The maximum absolute atomic E-state index is 11.9. The zero-order valence-corrected chi connectivity index (χ0v) is 12.1. The second-order valence-electron chi connectivity index (χ2n) is 4.94. The molecule has 0 aromatic heterocycles. The maximum atomic E-state index is 11.9. The first-order valence-electron chi connectivity index (χ1n) is 6.37. The van der Waals surface area contributed by atoms with Crippen LogP contribution in [0.3, 0.4) is 0 Å². The van der Waals surface area contributed by atoms with Gasteiger partial charge in [-0.25, -0.2) is 0 Å². The fourth-order valence-corrected chi connectivity index (χ4v) is 1.95. The van der Waals surface area contributed by atoms with Crippen molar-refractivity contribution >= 4 is 17.5 Å². The number of carbonyl (C=O) groups is 1. The van der Waals surface area contributed by atoms with Crippen molar-refractivity contribution in [1.29, 1.82) is 0 Å². The van der Waals surface area contributed by atoms with Crippen LogP contribution in [-0.2, 0) is 4.79 Å². The second kappa shape index (κ2) is 6.89. The minimum atomic E-state index is -0.894. The Morgan fingerprint density at radius 1 is 1.47 bits per heavy atom. The number of benzene rings is 1. The molecule has 19 heavy (non-hydrogen) atoms. The monoisotopic (exact) mass is 284 g/mol. The predicted octanol–water partition coefficient (Wildman–Crippen LogP) is 2.01. The fraction of sp³-hybridized carbons (Fsp3) is 0.500. The maximum Gasteiger partial charge on any atom is 0.239 e. The summed E-state index contributed by atoms with van der Waals surface area (Å²) in [5.41, 5.74) is 5.72. The topological polar surface area (TPSA) is 75.4 Å². The first-order chi connectivity index (χ1) is 8.86. The number of carbonyl (C=O) groups excluding carboxylic acids is 1. The number of halogens is 1. The molecule has 0 aliphatic carbocycles. The molecule has 0 spiro atoms. The summed E-state index contributed by atoms with van der Waals surface area (Å²) in [6.07, 6.45) is 0.675. The molecular weight excluding hydrogens is 264 g/mol. The Hall–Kier alpha value is -1.10. The van der Waals surface area contributed by atoms with Gasteiger partial charge in [-0.3, -0.25) is 4.79 Å². The van der Waals surface area contributed by atoms with Crippen LogP contribution in [0.5, 0.6) is 0 Å². The molecule has 2 unspecified atom stereocenters. The van der Waals surface area contributed by atoms with Gasteiger partial charge in [-0.05, 0) is 31.0 Å². The molecule has 0 bridgehead atoms. The first-order valence-corrected chi connectivity index (χ1v) is 6.75. The van der Waals surface area contributed by atoms with Crippen LogP contribution in [0.2, 0.25) is 5.02 Å². The molecule has 0 radical (unpaired) electrons. The van der Waals surface area contributed by atoms with Crippen LogP contribution in [0.4, 0.5) is 0 Å². The van der Waals surface area contributed by atoms with Gasteiger partial charge in [0.15, 0.2) is 0 Å². The molecule has 4 nitrogen and oxygen atoms in total. The van der Waals surface area contributed by atoms with E-state index in [0.29, 0.717) is 17.0 Å². The van der Waals surface area contributed by atoms with Gasteiger partial charge in [0.1, 0.15) is 0 Å². The van der Waals surface area contributed by atoms with Crippen LogP contribution >= 0.6 is 11.6 Å². The normalized spacial score (nSPS) is 15.6. The van der Waals surface area contributed by atoms with Crippen LogP contribution in [0, 0.1) is 0 Å². The summed E-state index contributed by atoms with van der Waals surface area (Å²) < 4.78 is 0. The molecule has 1 aromatic rings. The lowest BCUT2D eigenvalue weighted by Crippen LogP contribution is -2.52. The number of aliphatic hydroxyl groups is 1. The minimum Gasteiger partial charge on any atom is -0.387 e. The molecule has 0 heterocycles. The van der Waals surface area contributed by atoms with Crippen molar-refractivity contribution in [1.82, 2.24) is 5.32 Å². The molecule has 5 heteroatoms. The van der Waals surface area contributed by atoms with Crippen molar-refractivity contribution in [3.05, 3.63) is 34.9 Å². The van der Waals surface area contributed by atoms with Gasteiger partial charge in [-0.1, -0.05) is 37.1 Å². The lowest BCUT2D eigenvalue weighted by molar-refractivity contribution is -0.126. The van der Waals surface area contributed by atoms with Crippen LogP contribution in [0.25, 0.3) is 0 Å². The fourth-order valence-electron chi connectivity index (χ4n) is 1.83. The lowest BCUT2D eigenvalue weighted by Gasteiger charge is -2.23. The molecule has 0 saturated carbocycles. The van der Waals surface area contributed by atoms with Gasteiger partial charge in [-0.2, -0.15) is 0 Å². The highest BCUT2D eigenvalue weighted by molar-refractivity contribution is 6.30. The number of nitrogens with two attached hydrogens (primary N) is 1. The van der Waals surface area contributed by atoms with E-state index in [4.69, 9.17) is 17.3 Å². The lowest BCUT2D eigenvalue weighted by atomic mass is 9.96. The summed E-state index contributed by atoms with van der Waals surface area (Å²) in [5, 5.41) is 13.2. The minimum absolute atomic E-state index is 0.136. The van der Waals surface area contributed by atoms with Crippen molar-refractivity contribution in [3.8, 4) is 0 Å². The van der Waals surface area contributed by atoms with E-state index in [0.717, 1.165) is 6.42 Å². The number of hydrogen-bond donors (Lipinski definition) is 3. The summed E-state index contributed by atoms with van der Waals surface area (Å²) in [7, 11) is 0. The largest absolute Gasteiger partial charge is 0.387 e. The van der Waals surface area contributed by atoms with E-state index in [1.807, 2.05) is 6.92 Å². The molecular formula is C14H21ClN2O2. The number of amides is 1. The van der Waals surface area contributed by atoms with Crippen molar-refractivity contribution in [2.75, 3.05) is 6.54 Å². The summed E-state index contributed by atoms with van der Waals surface area (Å²) in [6, 6.07) is 6.86. The number of nitrogens with one attached hydrogen (secondary N) is 1. The van der Waals surface area contributed by atoms with E-state index >= 15 is 0 Å². The van der Waals surface area contributed by atoms with E-state index in [2.05, 4.69) is 5.32 Å². The zero-order chi connectivity index (χ0) is 14.5. The van der Waals surface area contributed by atoms with Gasteiger partial charge in [0.2, 0.25) is 5.91 Å². The number of aliphatic hydroxyl groups excluding tert-OH is 1. The highest BCUT2D eigenvalue weighted by Crippen LogP contribution is 2.16. The molecule has 1 amide bonds. The molecule has 4 N–H and O–H groups in total. The molecule has 0 aliphatic rings. The molecule has 0 aliphatic heterocycles. The SMILES string of the molecule is CCCC(C)(N)C(=O)NCC(O)c1ccc(Cl)cc1. The van der Waals surface area contributed by atoms with E-state index in [9.17, 15) is 9.90 Å². The van der Waals surface area contributed by atoms with Crippen LogP contribution in [0.15, 0.2) is 24.3 Å². The van der Waals surface area contributed by atoms with Crippen LogP contribution in [0.1, 0.15) is 38.4 Å². The standard InChI is InChI=1S/C14H21ClN2O2/c1-3-8-14(2,16)13(19)17-9-12(18)10-4-6-11(15)7-5-10/h4-7,12,18H,3,8-9,16H2,1-2H3,(H,17,19). The highest BCUT2D eigenvalue weighted by Gasteiger charge is 2.27. The van der Waals surface area contributed by atoms with E-state index < -0.39 is 11.6 Å². The van der Waals surface area contributed by atoms with Gasteiger partial charge in [0, 0.05) is 11.6 Å².